The first-order chi connectivity index (χ1) is 8.83. The van der Waals surface area contributed by atoms with Crippen molar-refractivity contribution in [3.05, 3.63) is 18.2 Å². The van der Waals surface area contributed by atoms with E-state index >= 15 is 0 Å². The number of carbonyl (C=O) groups excluding carboxylic acids is 1. The van der Waals surface area contributed by atoms with Gasteiger partial charge in [0, 0.05) is 11.8 Å². The number of fused-ring (bicyclic) bond motifs is 1. The van der Waals surface area contributed by atoms with Crippen LogP contribution in [0, 0.1) is 0 Å². The molecule has 2 aliphatic rings. The number of carbonyl (C=O) groups is 1. The molecule has 0 bridgehead atoms. The topological polar surface area (TPSA) is 59.6 Å². The number of anilines is 1. The molecule has 0 saturated carbocycles. The van der Waals surface area contributed by atoms with E-state index in [0.29, 0.717) is 19.0 Å². The highest BCUT2D eigenvalue weighted by Gasteiger charge is 2.22. The monoisotopic (exact) mass is 284 g/mol. The van der Waals surface area contributed by atoms with Gasteiger partial charge in [-0.05, 0) is 31.5 Å². The second-order valence-electron chi connectivity index (χ2n) is 4.50. The third-order valence-corrected chi connectivity index (χ3v) is 3.19. The number of hydrogen-bond donors (Lipinski definition) is 2. The lowest BCUT2D eigenvalue weighted by atomic mass is 10.2. The molecule has 3 rings (SSSR count). The van der Waals surface area contributed by atoms with E-state index in [1.54, 1.807) is 6.07 Å². The molecule has 6 heteroatoms. The second kappa shape index (κ2) is 6.12. The van der Waals surface area contributed by atoms with Crippen molar-refractivity contribution in [3.63, 3.8) is 0 Å². The van der Waals surface area contributed by atoms with Gasteiger partial charge in [0.15, 0.2) is 11.5 Å². The molecule has 1 aromatic rings. The summed E-state index contributed by atoms with van der Waals surface area (Å²) in [4.78, 5) is 11.9. The Balaban J connectivity index is 0.00000133. The van der Waals surface area contributed by atoms with Gasteiger partial charge < -0.3 is 20.1 Å². The summed E-state index contributed by atoms with van der Waals surface area (Å²) in [5, 5.41) is 6.07. The molecule has 1 atom stereocenters. The van der Waals surface area contributed by atoms with Crippen molar-refractivity contribution in [2.75, 3.05) is 25.1 Å². The van der Waals surface area contributed by atoms with Crippen LogP contribution in [0.1, 0.15) is 12.8 Å². The molecule has 1 amide bonds. The average Bonchev–Trinajstić information content (AvgIpc) is 2.92. The summed E-state index contributed by atoms with van der Waals surface area (Å²) in [5.74, 6) is 1.45. The van der Waals surface area contributed by atoms with Crippen molar-refractivity contribution in [2.45, 2.75) is 18.9 Å². The molecular formula is C13H17ClN2O3. The number of halogens is 1. The first-order valence-electron chi connectivity index (χ1n) is 6.27. The minimum Gasteiger partial charge on any atom is -0.486 e. The van der Waals surface area contributed by atoms with Crippen molar-refractivity contribution in [3.8, 4) is 11.5 Å². The molecule has 0 spiro atoms. The molecule has 1 fully saturated rings. The van der Waals surface area contributed by atoms with Crippen molar-refractivity contribution < 1.29 is 14.3 Å². The van der Waals surface area contributed by atoms with Gasteiger partial charge >= 0.3 is 0 Å². The van der Waals surface area contributed by atoms with E-state index < -0.39 is 0 Å². The van der Waals surface area contributed by atoms with Crippen LogP contribution in [0.25, 0.3) is 0 Å². The molecule has 2 N–H and O–H groups in total. The molecule has 2 heterocycles. The molecular weight excluding hydrogens is 268 g/mol. The predicted molar refractivity (Wildman–Crippen MR) is 74.3 cm³/mol. The highest BCUT2D eigenvalue weighted by atomic mass is 35.5. The van der Waals surface area contributed by atoms with Crippen LogP contribution in [0.2, 0.25) is 0 Å². The van der Waals surface area contributed by atoms with Gasteiger partial charge in [0.25, 0.3) is 0 Å². The van der Waals surface area contributed by atoms with Crippen LogP contribution >= 0.6 is 12.4 Å². The summed E-state index contributed by atoms with van der Waals surface area (Å²) in [6.45, 7) is 2.04. The first-order valence-corrected chi connectivity index (χ1v) is 6.27. The van der Waals surface area contributed by atoms with Crippen LogP contribution in [-0.2, 0) is 4.79 Å². The molecule has 0 aliphatic carbocycles. The molecule has 0 unspecified atom stereocenters. The van der Waals surface area contributed by atoms with Gasteiger partial charge in [-0.3, -0.25) is 4.79 Å². The lowest BCUT2D eigenvalue weighted by molar-refractivity contribution is -0.117. The number of benzene rings is 1. The normalized spacial score (nSPS) is 20.5. The van der Waals surface area contributed by atoms with E-state index in [4.69, 9.17) is 9.47 Å². The highest BCUT2D eigenvalue weighted by Crippen LogP contribution is 2.32. The molecule has 0 aromatic heterocycles. The Bertz CT molecular complexity index is 461. The van der Waals surface area contributed by atoms with Crippen LogP contribution in [0.4, 0.5) is 5.69 Å². The minimum atomic E-state index is -0.0711. The third kappa shape index (κ3) is 3.11. The largest absolute Gasteiger partial charge is 0.486 e. The maximum atomic E-state index is 11.9. The lowest BCUT2D eigenvalue weighted by Crippen LogP contribution is -2.35. The SMILES string of the molecule is Cl.O=C(Nc1ccc2c(c1)OCCO2)[C@@H]1CCCN1. The van der Waals surface area contributed by atoms with Crippen LogP contribution < -0.4 is 20.1 Å². The molecule has 1 aromatic carbocycles. The van der Waals surface area contributed by atoms with Gasteiger partial charge in [0.2, 0.25) is 5.91 Å². The van der Waals surface area contributed by atoms with E-state index in [2.05, 4.69) is 10.6 Å². The van der Waals surface area contributed by atoms with Crippen LogP contribution in [0.3, 0.4) is 0 Å². The number of ether oxygens (including phenoxy) is 2. The standard InChI is InChI=1S/C13H16N2O3.ClH/c16-13(10-2-1-5-14-10)15-9-3-4-11-12(8-9)18-7-6-17-11;/h3-4,8,10,14H,1-2,5-7H2,(H,15,16);1H/t10-;/m0./s1. The van der Waals surface area contributed by atoms with Gasteiger partial charge in [0.05, 0.1) is 6.04 Å². The van der Waals surface area contributed by atoms with Crippen molar-refractivity contribution in [1.29, 1.82) is 0 Å². The van der Waals surface area contributed by atoms with Gasteiger partial charge in [-0.15, -0.1) is 12.4 Å². The zero-order chi connectivity index (χ0) is 12.4. The van der Waals surface area contributed by atoms with Crippen LogP contribution in [-0.4, -0.2) is 31.7 Å². The summed E-state index contributed by atoms with van der Waals surface area (Å²) >= 11 is 0. The fourth-order valence-corrected chi connectivity index (χ4v) is 2.26. The zero-order valence-electron chi connectivity index (χ0n) is 10.5. The lowest BCUT2D eigenvalue weighted by Gasteiger charge is -2.19. The Kier molecular flexibility index (Phi) is 4.50. The Hall–Kier alpha value is -1.46. The summed E-state index contributed by atoms with van der Waals surface area (Å²) < 4.78 is 10.9. The average molecular weight is 285 g/mol. The number of hydrogen-bond acceptors (Lipinski definition) is 4. The maximum Gasteiger partial charge on any atom is 0.241 e. The Morgan fingerprint density at radius 1 is 1.26 bits per heavy atom. The van der Waals surface area contributed by atoms with Crippen LogP contribution in [0.15, 0.2) is 18.2 Å². The first kappa shape index (κ1) is 14.0. The summed E-state index contributed by atoms with van der Waals surface area (Å²) in [5.41, 5.74) is 0.748. The van der Waals surface area contributed by atoms with E-state index in [1.165, 1.54) is 0 Å². The number of rotatable bonds is 2. The summed E-state index contributed by atoms with van der Waals surface area (Å²) in [6, 6.07) is 5.40. The van der Waals surface area contributed by atoms with Gasteiger partial charge in [0.1, 0.15) is 13.2 Å². The number of nitrogens with one attached hydrogen (secondary N) is 2. The zero-order valence-corrected chi connectivity index (χ0v) is 11.3. The molecule has 104 valence electrons. The summed E-state index contributed by atoms with van der Waals surface area (Å²) in [6.07, 6.45) is 1.95. The van der Waals surface area contributed by atoms with E-state index in [-0.39, 0.29) is 24.4 Å². The quantitative estimate of drug-likeness (QED) is 0.865. The van der Waals surface area contributed by atoms with E-state index in [0.717, 1.165) is 30.8 Å². The molecule has 0 radical (unpaired) electrons. The fourth-order valence-electron chi connectivity index (χ4n) is 2.26. The molecule has 5 nitrogen and oxygen atoms in total. The smallest absolute Gasteiger partial charge is 0.241 e. The molecule has 1 saturated heterocycles. The third-order valence-electron chi connectivity index (χ3n) is 3.19. The molecule has 19 heavy (non-hydrogen) atoms. The van der Waals surface area contributed by atoms with Gasteiger partial charge in [-0.2, -0.15) is 0 Å². The highest BCUT2D eigenvalue weighted by molar-refractivity contribution is 5.95. The fraction of sp³-hybridized carbons (Fsp3) is 0.462. The van der Waals surface area contributed by atoms with Crippen molar-refractivity contribution >= 4 is 24.0 Å². The van der Waals surface area contributed by atoms with Crippen LogP contribution in [0.5, 0.6) is 11.5 Å². The van der Waals surface area contributed by atoms with E-state index in [9.17, 15) is 4.79 Å². The van der Waals surface area contributed by atoms with E-state index in [1.807, 2.05) is 12.1 Å². The Morgan fingerprint density at radius 2 is 2.05 bits per heavy atom. The minimum absolute atomic E-state index is 0. The van der Waals surface area contributed by atoms with Crippen molar-refractivity contribution in [2.24, 2.45) is 0 Å². The van der Waals surface area contributed by atoms with Gasteiger partial charge in [-0.1, -0.05) is 0 Å². The van der Waals surface area contributed by atoms with Crippen molar-refractivity contribution in [1.82, 2.24) is 5.32 Å². The second-order valence-corrected chi connectivity index (χ2v) is 4.50. The number of amides is 1. The summed E-state index contributed by atoms with van der Waals surface area (Å²) in [7, 11) is 0. The Morgan fingerprint density at radius 3 is 2.79 bits per heavy atom. The predicted octanol–water partition coefficient (Wildman–Crippen LogP) is 1.57. The Labute approximate surface area is 118 Å². The maximum absolute atomic E-state index is 11.9. The van der Waals surface area contributed by atoms with Gasteiger partial charge in [-0.25, -0.2) is 0 Å². The molecule has 2 aliphatic heterocycles.